The minimum atomic E-state index is -0.215. The van der Waals surface area contributed by atoms with Crippen LogP contribution in [0.2, 0.25) is 0 Å². The van der Waals surface area contributed by atoms with Gasteiger partial charge in [-0.1, -0.05) is 18.2 Å². The van der Waals surface area contributed by atoms with E-state index in [1.165, 1.54) is 12.8 Å². The number of carbonyl (C=O) groups excluding carboxylic acids is 1. The van der Waals surface area contributed by atoms with E-state index in [-0.39, 0.29) is 11.9 Å². The highest BCUT2D eigenvalue weighted by Crippen LogP contribution is 2.31. The Kier molecular flexibility index (Phi) is 5.43. The van der Waals surface area contributed by atoms with Crippen LogP contribution in [0, 0.1) is 0 Å². The molecule has 1 aliphatic rings. The van der Waals surface area contributed by atoms with Gasteiger partial charge in [-0.15, -0.1) is 0 Å². The number of methoxy groups -OCH3 is 1. The zero-order valence-electron chi connectivity index (χ0n) is 15.9. The molecule has 0 radical (unpaired) electrons. The van der Waals surface area contributed by atoms with Crippen molar-refractivity contribution in [1.29, 1.82) is 0 Å². The van der Waals surface area contributed by atoms with E-state index in [9.17, 15) is 4.79 Å². The van der Waals surface area contributed by atoms with Gasteiger partial charge in [0.15, 0.2) is 11.5 Å². The van der Waals surface area contributed by atoms with E-state index in [4.69, 9.17) is 9.15 Å². The fraction of sp³-hybridized carbons (Fsp3) is 0.333. The topological polar surface area (TPSA) is 83.4 Å². The predicted octanol–water partition coefficient (Wildman–Crippen LogP) is 3.25. The number of carbonyl (C=O) groups is 1. The van der Waals surface area contributed by atoms with Crippen LogP contribution in [0.25, 0.3) is 11.5 Å². The summed E-state index contributed by atoms with van der Waals surface area (Å²) < 4.78 is 10.9. The van der Waals surface area contributed by atoms with Crippen LogP contribution < -0.4 is 10.1 Å². The number of aromatic amines is 1. The molecule has 28 heavy (non-hydrogen) atoms. The van der Waals surface area contributed by atoms with Gasteiger partial charge in [0.05, 0.1) is 19.4 Å². The van der Waals surface area contributed by atoms with Crippen molar-refractivity contribution in [3.05, 3.63) is 60.0 Å². The zero-order valence-corrected chi connectivity index (χ0v) is 15.9. The molecule has 1 atom stereocenters. The van der Waals surface area contributed by atoms with E-state index in [1.54, 1.807) is 25.5 Å². The fourth-order valence-corrected chi connectivity index (χ4v) is 3.71. The Balaban J connectivity index is 1.49. The van der Waals surface area contributed by atoms with Gasteiger partial charge in [0.2, 0.25) is 0 Å². The largest absolute Gasteiger partial charge is 0.496 e. The minimum absolute atomic E-state index is 0.0612. The van der Waals surface area contributed by atoms with Gasteiger partial charge < -0.3 is 14.5 Å². The lowest BCUT2D eigenvalue weighted by atomic mass is 10.0. The third-order valence-electron chi connectivity index (χ3n) is 5.13. The summed E-state index contributed by atoms with van der Waals surface area (Å²) in [6.45, 7) is 2.52. The molecule has 0 spiro atoms. The second-order valence-electron chi connectivity index (χ2n) is 6.86. The van der Waals surface area contributed by atoms with Crippen molar-refractivity contribution in [2.24, 2.45) is 0 Å². The maximum absolute atomic E-state index is 12.7. The summed E-state index contributed by atoms with van der Waals surface area (Å²) in [6, 6.07) is 13.4. The summed E-state index contributed by atoms with van der Waals surface area (Å²) >= 11 is 0. The number of nitrogens with one attached hydrogen (secondary N) is 2. The molecule has 2 N–H and O–H groups in total. The van der Waals surface area contributed by atoms with E-state index in [0.717, 1.165) is 24.4 Å². The average Bonchev–Trinajstić information content (AvgIpc) is 3.50. The summed E-state index contributed by atoms with van der Waals surface area (Å²) in [5.74, 6) is 1.28. The standard InChI is InChI=1S/C21H24N4O3/c1-27-19-8-3-2-7-15(19)18(25-10-4-5-11-25)14-22-21(26)17-13-16(23-24-17)20-9-6-12-28-20/h2-3,6-9,12-13,18H,4-5,10-11,14H2,1H3,(H,22,26)(H,23,24)/t18-/m1/s1. The number of rotatable bonds is 7. The van der Waals surface area contributed by atoms with Crippen LogP contribution in [0.4, 0.5) is 0 Å². The smallest absolute Gasteiger partial charge is 0.271 e. The predicted molar refractivity (Wildman–Crippen MR) is 105 cm³/mol. The quantitative estimate of drug-likeness (QED) is 0.657. The number of hydrogen-bond acceptors (Lipinski definition) is 5. The molecular formula is C21H24N4O3. The van der Waals surface area contributed by atoms with Crippen LogP contribution in [0.3, 0.4) is 0 Å². The van der Waals surface area contributed by atoms with Crippen LogP contribution in [0.15, 0.2) is 53.1 Å². The number of amides is 1. The van der Waals surface area contributed by atoms with Crippen molar-refractivity contribution in [3.8, 4) is 17.2 Å². The van der Waals surface area contributed by atoms with Crippen molar-refractivity contribution >= 4 is 5.91 Å². The molecule has 4 rings (SSSR count). The van der Waals surface area contributed by atoms with Crippen molar-refractivity contribution in [2.75, 3.05) is 26.7 Å². The average molecular weight is 380 g/mol. The first kappa shape index (κ1) is 18.3. The molecule has 1 aromatic carbocycles. The highest BCUT2D eigenvalue weighted by atomic mass is 16.5. The third kappa shape index (κ3) is 3.80. The molecule has 1 saturated heterocycles. The highest BCUT2D eigenvalue weighted by Gasteiger charge is 2.26. The van der Waals surface area contributed by atoms with Crippen molar-refractivity contribution in [3.63, 3.8) is 0 Å². The Morgan fingerprint density at radius 3 is 2.86 bits per heavy atom. The number of nitrogens with zero attached hydrogens (tertiary/aromatic N) is 2. The second-order valence-corrected chi connectivity index (χ2v) is 6.86. The molecule has 1 fully saturated rings. The van der Waals surface area contributed by atoms with Gasteiger partial charge in [0.25, 0.3) is 5.91 Å². The fourth-order valence-electron chi connectivity index (χ4n) is 3.71. The number of likely N-dealkylation sites (tertiary alicyclic amines) is 1. The van der Waals surface area contributed by atoms with E-state index in [1.807, 2.05) is 24.3 Å². The highest BCUT2D eigenvalue weighted by molar-refractivity contribution is 5.93. The maximum Gasteiger partial charge on any atom is 0.271 e. The number of para-hydroxylation sites is 1. The second kappa shape index (κ2) is 8.31. The maximum atomic E-state index is 12.7. The van der Waals surface area contributed by atoms with E-state index >= 15 is 0 Å². The summed E-state index contributed by atoms with van der Waals surface area (Å²) in [5.41, 5.74) is 2.10. The summed E-state index contributed by atoms with van der Waals surface area (Å²) in [5, 5.41) is 10.0. The molecule has 7 heteroatoms. The first-order valence-corrected chi connectivity index (χ1v) is 9.50. The van der Waals surface area contributed by atoms with Gasteiger partial charge >= 0.3 is 0 Å². The molecule has 0 aliphatic carbocycles. The summed E-state index contributed by atoms with van der Waals surface area (Å²) in [7, 11) is 1.68. The van der Waals surface area contributed by atoms with E-state index in [2.05, 4.69) is 26.5 Å². The molecule has 0 saturated carbocycles. The van der Waals surface area contributed by atoms with E-state index < -0.39 is 0 Å². The molecule has 3 aromatic rings. The van der Waals surface area contributed by atoms with Gasteiger partial charge in [0.1, 0.15) is 11.4 Å². The Hall–Kier alpha value is -3.06. The van der Waals surface area contributed by atoms with Crippen LogP contribution in [0.1, 0.15) is 34.9 Å². The Morgan fingerprint density at radius 2 is 2.11 bits per heavy atom. The van der Waals surface area contributed by atoms with Gasteiger partial charge in [-0.05, 0) is 44.1 Å². The molecule has 146 valence electrons. The Labute approximate surface area is 163 Å². The zero-order chi connectivity index (χ0) is 19.3. The third-order valence-corrected chi connectivity index (χ3v) is 5.13. The monoisotopic (exact) mass is 380 g/mol. The number of H-pyrrole nitrogens is 1. The molecule has 0 bridgehead atoms. The van der Waals surface area contributed by atoms with Crippen molar-refractivity contribution in [1.82, 2.24) is 20.4 Å². The number of benzene rings is 1. The molecule has 2 aromatic heterocycles. The van der Waals surface area contributed by atoms with Crippen LogP contribution in [-0.4, -0.2) is 47.7 Å². The normalized spacial score (nSPS) is 15.5. The summed E-state index contributed by atoms with van der Waals surface area (Å²) in [6.07, 6.45) is 3.93. The summed E-state index contributed by atoms with van der Waals surface area (Å²) in [4.78, 5) is 15.1. The Morgan fingerprint density at radius 1 is 1.29 bits per heavy atom. The van der Waals surface area contributed by atoms with Gasteiger partial charge in [-0.25, -0.2) is 0 Å². The molecule has 3 heterocycles. The van der Waals surface area contributed by atoms with Crippen LogP contribution in [-0.2, 0) is 0 Å². The van der Waals surface area contributed by atoms with Crippen molar-refractivity contribution < 1.29 is 13.9 Å². The van der Waals surface area contributed by atoms with Crippen LogP contribution in [0.5, 0.6) is 5.75 Å². The lowest BCUT2D eigenvalue weighted by Crippen LogP contribution is -2.37. The lowest BCUT2D eigenvalue weighted by molar-refractivity contribution is 0.0932. The Bertz CT molecular complexity index is 913. The first-order valence-electron chi connectivity index (χ1n) is 9.50. The number of hydrogen-bond donors (Lipinski definition) is 2. The number of furan rings is 1. The van der Waals surface area contributed by atoms with Gasteiger partial charge in [0, 0.05) is 18.2 Å². The molecule has 1 amide bonds. The molecule has 0 unspecified atom stereocenters. The minimum Gasteiger partial charge on any atom is -0.496 e. The number of aromatic nitrogens is 2. The number of ether oxygens (including phenoxy) is 1. The molecular weight excluding hydrogens is 356 g/mol. The van der Waals surface area contributed by atoms with Crippen LogP contribution >= 0.6 is 0 Å². The van der Waals surface area contributed by atoms with E-state index in [0.29, 0.717) is 23.7 Å². The SMILES string of the molecule is COc1ccccc1[C@@H](CNC(=O)c1cc(-c2ccco2)[nH]n1)N1CCCC1. The van der Waals surface area contributed by atoms with Gasteiger partial charge in [-0.2, -0.15) is 5.10 Å². The van der Waals surface area contributed by atoms with Crippen molar-refractivity contribution in [2.45, 2.75) is 18.9 Å². The lowest BCUT2D eigenvalue weighted by Gasteiger charge is -2.29. The van der Waals surface area contributed by atoms with Gasteiger partial charge in [-0.3, -0.25) is 14.8 Å². The molecule has 7 nitrogen and oxygen atoms in total. The first-order chi connectivity index (χ1) is 13.8. The molecule has 1 aliphatic heterocycles.